The molecule has 7 heterocycles. The number of rotatable bonds is 9. The molecule has 64 heavy (non-hydrogen) atoms. The third-order valence-electron chi connectivity index (χ3n) is 11.1. The van der Waals surface area contributed by atoms with Crippen LogP contribution in [-0.2, 0) is 23.9 Å². The van der Waals surface area contributed by atoms with Gasteiger partial charge in [-0.3, -0.25) is 34.7 Å². The number of nitrogens with one attached hydrogen (secondary N) is 4. The molecule has 5 amide bonds. The van der Waals surface area contributed by atoms with Crippen LogP contribution in [0, 0.1) is 0 Å². The highest BCUT2D eigenvalue weighted by Gasteiger charge is 2.38. The van der Waals surface area contributed by atoms with Crippen LogP contribution in [0.2, 0.25) is 5.15 Å². The largest absolute Gasteiger partial charge is 0.443 e. The minimum Gasteiger partial charge on any atom is -0.443 e. The Morgan fingerprint density at radius 3 is 1.97 bits per heavy atom. The fourth-order valence-electron chi connectivity index (χ4n) is 7.55. The Labute approximate surface area is 372 Å². The summed E-state index contributed by atoms with van der Waals surface area (Å²) >= 11 is 6.24. The molecule has 5 fully saturated rings. The van der Waals surface area contributed by atoms with E-state index in [2.05, 4.69) is 77.6 Å². The third kappa shape index (κ3) is 9.54. The molecule has 4 N–H and O–H groups in total. The summed E-state index contributed by atoms with van der Waals surface area (Å²) in [6.07, 6.45) is 9.99. The summed E-state index contributed by atoms with van der Waals surface area (Å²) in [4.78, 5) is 75.2. The molecular weight excluding hydrogens is 842 g/mol. The first kappa shape index (κ1) is 42.4. The maximum absolute atomic E-state index is 12.9. The number of aromatic nitrogens is 6. The number of carbonyl (C=O) groups excluding carboxylic acids is 5. The molecule has 10 rings (SSSR count). The summed E-state index contributed by atoms with van der Waals surface area (Å²) in [6.45, 7) is 9.61. The maximum Gasteiger partial charge on any atom is 0.416 e. The lowest BCUT2D eigenvalue weighted by atomic mass is 10.1. The van der Waals surface area contributed by atoms with Crippen molar-refractivity contribution in [1.29, 1.82) is 0 Å². The molecule has 5 aromatic rings. The zero-order chi connectivity index (χ0) is 44.9. The van der Waals surface area contributed by atoms with Crippen molar-refractivity contribution in [2.75, 3.05) is 53.7 Å². The number of imide groups is 2. The quantitative estimate of drug-likeness (QED) is 0.0877. The molecule has 4 aromatic heterocycles. The van der Waals surface area contributed by atoms with Crippen molar-refractivity contribution in [2.45, 2.75) is 77.0 Å². The van der Waals surface area contributed by atoms with Crippen LogP contribution in [0.25, 0.3) is 23.4 Å². The van der Waals surface area contributed by atoms with Gasteiger partial charge in [0.15, 0.2) is 11.3 Å². The predicted molar refractivity (Wildman–Crippen MR) is 240 cm³/mol. The Kier molecular flexibility index (Phi) is 11.3. The minimum absolute atomic E-state index is 0.00393. The lowest BCUT2D eigenvalue weighted by molar-refractivity contribution is -0.125. The van der Waals surface area contributed by atoms with E-state index in [1.807, 2.05) is 6.07 Å². The second-order valence-electron chi connectivity index (χ2n) is 17.5. The molecule has 0 radical (unpaired) electrons. The number of piperazine rings is 1. The van der Waals surface area contributed by atoms with Crippen LogP contribution in [0.4, 0.5) is 33.6 Å². The topological polar surface area (TPSA) is 213 Å². The lowest BCUT2D eigenvalue weighted by Gasteiger charge is -2.34. The monoisotopic (exact) mass is 889 g/mol. The van der Waals surface area contributed by atoms with E-state index < -0.39 is 17.6 Å². The number of benzene rings is 1. The molecule has 1 aromatic carbocycles. The molecule has 20 heteroatoms. The van der Waals surface area contributed by atoms with E-state index in [0.29, 0.717) is 51.2 Å². The van der Waals surface area contributed by atoms with Gasteiger partial charge in [0.05, 0.1) is 25.2 Å². The molecular formula is C44H48ClN13O6. The van der Waals surface area contributed by atoms with E-state index in [1.54, 1.807) is 54.6 Å². The van der Waals surface area contributed by atoms with Crippen molar-refractivity contribution < 1.29 is 28.7 Å². The highest BCUT2D eigenvalue weighted by Crippen LogP contribution is 2.35. The van der Waals surface area contributed by atoms with Gasteiger partial charge in [-0.05, 0) is 89.9 Å². The minimum atomic E-state index is -0.651. The van der Waals surface area contributed by atoms with Crippen LogP contribution in [-0.4, -0.2) is 115 Å². The molecule has 0 atom stereocenters. The number of fused-ring (bicyclic) bond motifs is 2. The normalized spacial score (nSPS) is 19.3. The van der Waals surface area contributed by atoms with Gasteiger partial charge in [-0.2, -0.15) is 19.2 Å². The number of anilines is 5. The van der Waals surface area contributed by atoms with Gasteiger partial charge in [-0.15, -0.1) is 0 Å². The van der Waals surface area contributed by atoms with Gasteiger partial charge in [0, 0.05) is 84.0 Å². The second kappa shape index (κ2) is 17.0. The van der Waals surface area contributed by atoms with E-state index in [4.69, 9.17) is 21.3 Å². The van der Waals surface area contributed by atoms with E-state index >= 15 is 0 Å². The molecule has 2 saturated carbocycles. The first-order valence-electron chi connectivity index (χ1n) is 21.3. The predicted octanol–water partition coefficient (Wildman–Crippen LogP) is 4.95. The van der Waals surface area contributed by atoms with Gasteiger partial charge in [0.2, 0.25) is 11.8 Å². The third-order valence-corrected chi connectivity index (χ3v) is 11.3. The number of carbonyl (C=O) groups is 5. The first-order chi connectivity index (χ1) is 30.6. The summed E-state index contributed by atoms with van der Waals surface area (Å²) < 4.78 is 8.81. The maximum atomic E-state index is 12.9. The smallest absolute Gasteiger partial charge is 0.416 e. The number of hydrogen-bond donors (Lipinski definition) is 4. The summed E-state index contributed by atoms with van der Waals surface area (Å²) in [6, 6.07) is 12.4. The fraction of sp³-hybridized carbons (Fsp3) is 0.386. The summed E-state index contributed by atoms with van der Waals surface area (Å²) in [5, 5.41) is 20.5. The Morgan fingerprint density at radius 1 is 0.828 bits per heavy atom. The fourth-order valence-corrected chi connectivity index (χ4v) is 7.73. The Balaban J connectivity index is 0.000000165. The van der Waals surface area contributed by atoms with Crippen molar-refractivity contribution in [2.24, 2.45) is 0 Å². The first-order valence-corrected chi connectivity index (χ1v) is 21.6. The van der Waals surface area contributed by atoms with Gasteiger partial charge in [-0.25, -0.2) is 14.8 Å². The van der Waals surface area contributed by atoms with Crippen LogP contribution in [0.5, 0.6) is 0 Å². The Morgan fingerprint density at radius 2 is 1.42 bits per heavy atom. The van der Waals surface area contributed by atoms with E-state index in [0.717, 1.165) is 63.4 Å². The SMILES string of the molecule is CC(C)(C)OC(=O)N(c1cc(Cl)nc2c(/C=C3\CC(=O)NC3=O)cnn12)C1CC1.CN1CCN(c2ccc(Nc3cc(NC4CC4)n4ncc(/C=C5\CC(=O)NC5=O)c4n3)cc2)CC1. The zero-order valence-electron chi connectivity index (χ0n) is 35.9. The van der Waals surface area contributed by atoms with Gasteiger partial charge in [0.1, 0.15) is 28.2 Å². The molecule has 0 spiro atoms. The summed E-state index contributed by atoms with van der Waals surface area (Å²) in [5.41, 5.74) is 4.46. The van der Waals surface area contributed by atoms with Crippen molar-refractivity contribution in [3.8, 4) is 0 Å². The molecule has 2 aliphatic carbocycles. The highest BCUT2D eigenvalue weighted by molar-refractivity contribution is 6.30. The Bertz CT molecular complexity index is 2760. The number of amides is 5. The standard InChI is InChI=1S/C25H28N8O2.C19H20ClN5O4/c1-31-8-10-32(11-9-31)20-6-4-18(5-7-20)27-21-14-22(28-19-2-3-19)33-24(29-21)17(15-26-33)12-16-13-23(34)30-25(16)35;1-19(2,3)29-18(28)24(12-4-5-12)15-8-13(20)22-16-11(9-21-25(15)16)6-10-7-14(26)23-17(10)27/h4-7,12,14-15,19,28H,2-3,8-11,13H2,1H3,(H,27,29)(H,30,34,35);6,8-9,12H,4-5,7H2,1-3H3,(H,23,26,27)/b16-12+;10-6+. The average molecular weight is 890 g/mol. The van der Waals surface area contributed by atoms with Gasteiger partial charge in [0.25, 0.3) is 11.8 Å². The molecule has 0 unspecified atom stereocenters. The van der Waals surface area contributed by atoms with Gasteiger partial charge >= 0.3 is 6.09 Å². The Hall–Kier alpha value is -6.86. The van der Waals surface area contributed by atoms with Crippen LogP contribution < -0.4 is 31.1 Å². The number of ether oxygens (including phenoxy) is 1. The van der Waals surface area contributed by atoms with E-state index in [9.17, 15) is 24.0 Å². The van der Waals surface area contributed by atoms with Crippen molar-refractivity contribution in [3.05, 3.63) is 76.2 Å². The van der Waals surface area contributed by atoms with Crippen LogP contribution in [0.1, 0.15) is 70.4 Å². The van der Waals surface area contributed by atoms with Crippen molar-refractivity contribution >= 4 is 93.6 Å². The molecule has 19 nitrogen and oxygen atoms in total. The molecule has 3 saturated heterocycles. The summed E-state index contributed by atoms with van der Waals surface area (Å²) in [5.74, 6) is 0.517. The lowest BCUT2D eigenvalue weighted by Crippen LogP contribution is -2.44. The van der Waals surface area contributed by atoms with Crippen LogP contribution in [0.3, 0.4) is 0 Å². The molecule has 3 aliphatic heterocycles. The highest BCUT2D eigenvalue weighted by atomic mass is 35.5. The van der Waals surface area contributed by atoms with E-state index in [1.165, 1.54) is 16.4 Å². The number of halogens is 1. The van der Waals surface area contributed by atoms with Gasteiger partial charge < -0.3 is 25.2 Å². The molecule has 0 bridgehead atoms. The van der Waals surface area contributed by atoms with E-state index in [-0.39, 0.29) is 41.8 Å². The molecule has 5 aliphatic rings. The van der Waals surface area contributed by atoms with Gasteiger partial charge in [-0.1, -0.05) is 11.6 Å². The average Bonchev–Trinajstić information content (AvgIpc) is 4.11. The zero-order valence-corrected chi connectivity index (χ0v) is 36.6. The van der Waals surface area contributed by atoms with Crippen molar-refractivity contribution in [1.82, 2.24) is 44.7 Å². The van der Waals surface area contributed by atoms with Crippen molar-refractivity contribution in [3.63, 3.8) is 0 Å². The number of nitrogens with zero attached hydrogens (tertiary/aromatic N) is 9. The second-order valence-corrected chi connectivity index (χ2v) is 17.9. The summed E-state index contributed by atoms with van der Waals surface area (Å²) in [7, 11) is 2.16. The van der Waals surface area contributed by atoms with Crippen LogP contribution in [0.15, 0.2) is 59.9 Å². The number of likely N-dealkylation sites (N-methyl/N-ethyl adjacent to an activating group) is 1. The van der Waals surface area contributed by atoms with Crippen LogP contribution >= 0.6 is 11.6 Å². The number of hydrogen-bond acceptors (Lipinski definition) is 14. The molecule has 332 valence electrons.